The molecule has 0 spiro atoms. The van der Waals surface area contributed by atoms with Gasteiger partial charge in [-0.05, 0) is 25.1 Å². The Labute approximate surface area is 124 Å². The van der Waals surface area contributed by atoms with Crippen LogP contribution in [0.15, 0.2) is 18.2 Å². The molecule has 1 aromatic carbocycles. The minimum Gasteiger partial charge on any atom is -0.478 e. The molecule has 0 heterocycles. The second-order valence-corrected chi connectivity index (χ2v) is 5.18. The molecule has 1 amide bonds. The van der Waals surface area contributed by atoms with Crippen LogP contribution in [0.2, 0.25) is 5.02 Å². The van der Waals surface area contributed by atoms with Gasteiger partial charge in [-0.25, -0.2) is 13.6 Å². The van der Waals surface area contributed by atoms with Crippen molar-refractivity contribution in [1.29, 1.82) is 0 Å². The fraction of sp³-hybridized carbons (Fsp3) is 0.385. The van der Waals surface area contributed by atoms with Crippen LogP contribution in [-0.2, 0) is 0 Å². The van der Waals surface area contributed by atoms with Gasteiger partial charge in [0.15, 0.2) is 0 Å². The number of aliphatic hydroxyl groups is 1. The first kappa shape index (κ1) is 17.3. The van der Waals surface area contributed by atoms with Crippen molar-refractivity contribution in [3.8, 4) is 0 Å². The number of hydrogen-bond acceptors (Lipinski definition) is 3. The second kappa shape index (κ2) is 6.82. The van der Waals surface area contributed by atoms with E-state index in [1.807, 2.05) is 0 Å². The van der Waals surface area contributed by atoms with Crippen LogP contribution in [0.1, 0.15) is 34.1 Å². The van der Waals surface area contributed by atoms with Gasteiger partial charge in [0.05, 0.1) is 28.3 Å². The van der Waals surface area contributed by atoms with E-state index in [2.05, 4.69) is 5.32 Å². The topological polar surface area (TPSA) is 86.6 Å². The summed E-state index contributed by atoms with van der Waals surface area (Å²) in [7, 11) is 0. The fourth-order valence-electron chi connectivity index (χ4n) is 1.67. The van der Waals surface area contributed by atoms with E-state index in [0.717, 1.165) is 6.07 Å². The highest BCUT2D eigenvalue weighted by molar-refractivity contribution is 6.34. The molecule has 21 heavy (non-hydrogen) atoms. The van der Waals surface area contributed by atoms with Crippen molar-refractivity contribution in [2.45, 2.75) is 25.3 Å². The summed E-state index contributed by atoms with van der Waals surface area (Å²) in [5.41, 5.74) is -1.66. The minimum atomic E-state index is -2.70. The summed E-state index contributed by atoms with van der Waals surface area (Å²) in [5.74, 6) is -1.98. The first-order valence-corrected chi connectivity index (χ1v) is 6.30. The highest BCUT2D eigenvalue weighted by Gasteiger charge is 2.30. The molecule has 0 saturated heterocycles. The van der Waals surface area contributed by atoms with Crippen LogP contribution < -0.4 is 5.32 Å². The van der Waals surface area contributed by atoms with Gasteiger partial charge >= 0.3 is 5.97 Å². The van der Waals surface area contributed by atoms with Gasteiger partial charge in [0.1, 0.15) is 0 Å². The molecule has 0 bridgehead atoms. The van der Waals surface area contributed by atoms with E-state index in [9.17, 15) is 18.4 Å². The molecule has 8 heteroatoms. The van der Waals surface area contributed by atoms with Gasteiger partial charge in [-0.15, -0.1) is 0 Å². The highest BCUT2D eigenvalue weighted by atomic mass is 35.5. The number of carbonyl (C=O) groups is 2. The van der Waals surface area contributed by atoms with Gasteiger partial charge in [-0.1, -0.05) is 11.6 Å². The summed E-state index contributed by atoms with van der Waals surface area (Å²) in [6.07, 6.45) is -3.42. The summed E-state index contributed by atoms with van der Waals surface area (Å²) in [6.45, 7) is 0.602. The van der Waals surface area contributed by atoms with E-state index in [4.69, 9.17) is 21.8 Å². The predicted molar refractivity (Wildman–Crippen MR) is 72.0 cm³/mol. The van der Waals surface area contributed by atoms with E-state index in [1.54, 1.807) is 0 Å². The smallest absolute Gasteiger partial charge is 0.335 e. The molecule has 0 aliphatic carbocycles. The number of aliphatic hydroxyl groups excluding tert-OH is 1. The molecule has 1 atom stereocenters. The monoisotopic (exact) mass is 321 g/mol. The van der Waals surface area contributed by atoms with Crippen molar-refractivity contribution in [3.63, 3.8) is 0 Å². The number of carbonyl (C=O) groups excluding carboxylic acids is 1. The summed E-state index contributed by atoms with van der Waals surface area (Å²) < 4.78 is 24.9. The predicted octanol–water partition coefficient (Wildman–Crippen LogP) is 2.17. The third kappa shape index (κ3) is 4.64. The number of hydrogen-bond donors (Lipinski definition) is 3. The summed E-state index contributed by atoms with van der Waals surface area (Å²) in [6, 6.07) is 3.44. The van der Waals surface area contributed by atoms with Gasteiger partial charge in [-0.2, -0.15) is 0 Å². The van der Waals surface area contributed by atoms with Crippen LogP contribution in [0.3, 0.4) is 0 Å². The van der Waals surface area contributed by atoms with Crippen molar-refractivity contribution < 1.29 is 28.6 Å². The van der Waals surface area contributed by atoms with Crippen molar-refractivity contribution in [3.05, 3.63) is 34.3 Å². The molecular weight excluding hydrogens is 308 g/mol. The van der Waals surface area contributed by atoms with E-state index in [0.29, 0.717) is 0 Å². The first-order chi connectivity index (χ1) is 9.68. The number of carboxylic acids is 1. The van der Waals surface area contributed by atoms with Gasteiger partial charge in [-0.3, -0.25) is 4.79 Å². The minimum absolute atomic E-state index is 0.0596. The molecule has 5 nitrogen and oxygen atoms in total. The maximum absolute atomic E-state index is 12.4. The molecule has 0 fully saturated rings. The molecule has 3 N–H and O–H groups in total. The van der Waals surface area contributed by atoms with Crippen molar-refractivity contribution >= 4 is 23.5 Å². The summed E-state index contributed by atoms with van der Waals surface area (Å²) in [5, 5.41) is 20.1. The van der Waals surface area contributed by atoms with Gasteiger partial charge in [0.2, 0.25) is 6.43 Å². The molecule has 0 aliphatic rings. The first-order valence-electron chi connectivity index (χ1n) is 5.93. The number of alkyl halides is 2. The van der Waals surface area contributed by atoms with E-state index in [-0.39, 0.29) is 16.1 Å². The van der Waals surface area contributed by atoms with Crippen LogP contribution in [0.5, 0.6) is 0 Å². The van der Waals surface area contributed by atoms with Crippen LogP contribution in [0.4, 0.5) is 8.78 Å². The Morgan fingerprint density at radius 1 is 1.43 bits per heavy atom. The molecule has 0 saturated carbocycles. The molecule has 1 rings (SSSR count). The van der Waals surface area contributed by atoms with Gasteiger partial charge in [0, 0.05) is 6.42 Å². The average Bonchev–Trinajstić information content (AvgIpc) is 2.37. The summed E-state index contributed by atoms with van der Waals surface area (Å²) >= 11 is 5.81. The molecule has 0 radical (unpaired) electrons. The Morgan fingerprint density at radius 3 is 2.48 bits per heavy atom. The zero-order valence-electron chi connectivity index (χ0n) is 11.1. The van der Waals surface area contributed by atoms with E-state index in [1.165, 1.54) is 19.1 Å². The van der Waals surface area contributed by atoms with Crippen molar-refractivity contribution in [2.24, 2.45) is 0 Å². The zero-order chi connectivity index (χ0) is 16.2. The number of rotatable bonds is 6. The Balaban J connectivity index is 2.96. The standard InChI is InChI=1S/C13H14ClF2NO4/c1-13(6-18,5-10(15)16)17-11(19)8-3-2-7(12(20)21)4-9(8)14/h2-4,10,18H,5-6H2,1H3,(H,17,19)(H,20,21). The summed E-state index contributed by atoms with van der Waals surface area (Å²) in [4.78, 5) is 22.8. The van der Waals surface area contributed by atoms with E-state index < -0.39 is 36.9 Å². The number of aromatic carboxylic acids is 1. The molecule has 1 aromatic rings. The molecule has 0 aliphatic heterocycles. The normalized spacial score (nSPS) is 13.8. The maximum Gasteiger partial charge on any atom is 0.335 e. The van der Waals surface area contributed by atoms with Gasteiger partial charge < -0.3 is 15.5 Å². The quantitative estimate of drug-likeness (QED) is 0.749. The Morgan fingerprint density at radius 2 is 2.05 bits per heavy atom. The second-order valence-electron chi connectivity index (χ2n) is 4.77. The Hall–Kier alpha value is -1.73. The third-order valence-corrected chi connectivity index (χ3v) is 3.14. The number of carboxylic acid groups (broad SMARTS) is 1. The molecule has 1 unspecified atom stereocenters. The van der Waals surface area contributed by atoms with Crippen LogP contribution in [-0.4, -0.2) is 40.7 Å². The van der Waals surface area contributed by atoms with Gasteiger partial charge in [0.25, 0.3) is 5.91 Å². The maximum atomic E-state index is 12.4. The Bertz CT molecular complexity index is 553. The lowest BCUT2D eigenvalue weighted by Gasteiger charge is -2.28. The number of nitrogens with one attached hydrogen (secondary N) is 1. The number of halogens is 3. The number of amides is 1. The average molecular weight is 322 g/mol. The lowest BCUT2D eigenvalue weighted by molar-refractivity contribution is 0.0584. The largest absolute Gasteiger partial charge is 0.478 e. The molecule has 0 aromatic heterocycles. The Kier molecular flexibility index (Phi) is 5.62. The lowest BCUT2D eigenvalue weighted by atomic mass is 9.98. The van der Waals surface area contributed by atoms with Crippen molar-refractivity contribution in [2.75, 3.05) is 6.61 Å². The number of benzene rings is 1. The SMILES string of the molecule is CC(CO)(CC(F)F)NC(=O)c1ccc(C(=O)O)cc1Cl. The van der Waals surface area contributed by atoms with E-state index >= 15 is 0 Å². The lowest BCUT2D eigenvalue weighted by Crippen LogP contribution is -2.50. The molecule has 116 valence electrons. The third-order valence-electron chi connectivity index (χ3n) is 2.83. The van der Waals surface area contributed by atoms with Crippen molar-refractivity contribution in [1.82, 2.24) is 5.32 Å². The molecular formula is C13H14ClF2NO4. The zero-order valence-corrected chi connectivity index (χ0v) is 11.8. The van der Waals surface area contributed by atoms with Crippen LogP contribution in [0, 0.1) is 0 Å². The van der Waals surface area contributed by atoms with Crippen LogP contribution in [0.25, 0.3) is 0 Å². The van der Waals surface area contributed by atoms with Crippen LogP contribution >= 0.6 is 11.6 Å². The fourth-order valence-corrected chi connectivity index (χ4v) is 1.94. The highest BCUT2D eigenvalue weighted by Crippen LogP contribution is 2.21.